The molecule has 19 heavy (non-hydrogen) atoms. The summed E-state index contributed by atoms with van der Waals surface area (Å²) in [6.45, 7) is 0.776. The van der Waals surface area contributed by atoms with Crippen molar-refractivity contribution in [1.29, 1.82) is 0 Å². The van der Waals surface area contributed by atoms with Crippen molar-refractivity contribution in [3.05, 3.63) is 28.7 Å². The molecular weight excluding hydrogens is 306 g/mol. The Morgan fingerprint density at radius 1 is 1.47 bits per heavy atom. The van der Waals surface area contributed by atoms with Gasteiger partial charge in [-0.05, 0) is 46.8 Å². The molecule has 1 fully saturated rings. The van der Waals surface area contributed by atoms with Crippen molar-refractivity contribution in [1.82, 2.24) is 9.78 Å². The lowest BCUT2D eigenvalue weighted by atomic mass is 10.1. The van der Waals surface area contributed by atoms with E-state index in [1.165, 1.54) is 12.8 Å². The highest BCUT2D eigenvalue weighted by atomic mass is 79.9. The molecular formula is C14H16BrN3O. The summed E-state index contributed by atoms with van der Waals surface area (Å²) >= 11 is 3.55. The van der Waals surface area contributed by atoms with Crippen LogP contribution in [-0.4, -0.2) is 16.4 Å². The third-order valence-corrected chi connectivity index (χ3v) is 3.94. The molecule has 1 saturated carbocycles. The first-order valence-electron chi connectivity index (χ1n) is 6.36. The first kappa shape index (κ1) is 12.5. The van der Waals surface area contributed by atoms with Crippen LogP contribution in [0.15, 0.2) is 28.7 Å². The molecule has 3 rings (SSSR count). The minimum atomic E-state index is 0.642. The van der Waals surface area contributed by atoms with Crippen molar-refractivity contribution in [2.45, 2.75) is 12.8 Å². The van der Waals surface area contributed by atoms with E-state index in [4.69, 9.17) is 10.5 Å². The highest BCUT2D eigenvalue weighted by molar-refractivity contribution is 9.10. The fourth-order valence-electron chi connectivity index (χ4n) is 1.96. The van der Waals surface area contributed by atoms with Gasteiger partial charge in [0, 0.05) is 18.7 Å². The summed E-state index contributed by atoms with van der Waals surface area (Å²) in [6, 6.07) is 7.84. The maximum atomic E-state index is 5.96. The molecule has 100 valence electrons. The lowest BCUT2D eigenvalue weighted by molar-refractivity contribution is 0.299. The number of anilines is 1. The molecule has 4 nitrogen and oxygen atoms in total. The number of benzene rings is 1. The summed E-state index contributed by atoms with van der Waals surface area (Å²) in [5, 5.41) is 4.42. The van der Waals surface area contributed by atoms with Crippen LogP contribution in [0.4, 0.5) is 5.82 Å². The Labute approximate surface area is 120 Å². The molecule has 1 aliphatic rings. The number of aryl methyl sites for hydroxylation is 1. The molecule has 0 radical (unpaired) electrons. The minimum absolute atomic E-state index is 0.642. The Morgan fingerprint density at radius 2 is 2.26 bits per heavy atom. The van der Waals surface area contributed by atoms with Gasteiger partial charge in [0.1, 0.15) is 11.6 Å². The fraction of sp³-hybridized carbons (Fsp3) is 0.357. The summed E-state index contributed by atoms with van der Waals surface area (Å²) < 4.78 is 8.58. The zero-order valence-corrected chi connectivity index (χ0v) is 12.4. The van der Waals surface area contributed by atoms with Crippen LogP contribution in [0.2, 0.25) is 0 Å². The summed E-state index contributed by atoms with van der Waals surface area (Å²) in [5.74, 6) is 2.21. The van der Waals surface area contributed by atoms with Crippen LogP contribution in [0.5, 0.6) is 5.75 Å². The number of rotatable bonds is 4. The van der Waals surface area contributed by atoms with Gasteiger partial charge in [-0.15, -0.1) is 0 Å². The number of hydrogen-bond donors (Lipinski definition) is 1. The molecule has 2 aromatic rings. The largest absolute Gasteiger partial charge is 0.491 e. The first-order chi connectivity index (χ1) is 9.15. The normalized spacial score (nSPS) is 14.6. The van der Waals surface area contributed by atoms with Crippen molar-refractivity contribution >= 4 is 21.7 Å². The van der Waals surface area contributed by atoms with Crippen LogP contribution in [-0.2, 0) is 7.05 Å². The summed E-state index contributed by atoms with van der Waals surface area (Å²) in [4.78, 5) is 0. The van der Waals surface area contributed by atoms with E-state index in [1.807, 2.05) is 31.3 Å². The molecule has 2 N–H and O–H groups in total. The quantitative estimate of drug-likeness (QED) is 0.940. The van der Waals surface area contributed by atoms with Crippen molar-refractivity contribution in [3.63, 3.8) is 0 Å². The molecule has 5 heteroatoms. The van der Waals surface area contributed by atoms with Crippen molar-refractivity contribution in [2.24, 2.45) is 13.0 Å². The fourth-order valence-corrected chi connectivity index (χ4v) is 2.44. The molecule has 1 heterocycles. The molecule has 0 amide bonds. The second kappa shape index (κ2) is 4.89. The number of nitrogens with zero attached hydrogens (tertiary/aromatic N) is 2. The van der Waals surface area contributed by atoms with Crippen LogP contribution >= 0.6 is 15.9 Å². The molecule has 0 aliphatic heterocycles. The first-order valence-corrected chi connectivity index (χ1v) is 7.15. The Balaban J connectivity index is 1.96. The van der Waals surface area contributed by atoms with E-state index in [1.54, 1.807) is 4.68 Å². The Hall–Kier alpha value is -1.49. The van der Waals surface area contributed by atoms with Gasteiger partial charge in [-0.25, -0.2) is 0 Å². The van der Waals surface area contributed by atoms with Crippen LogP contribution in [0.3, 0.4) is 0 Å². The molecule has 0 atom stereocenters. The van der Waals surface area contributed by atoms with Crippen molar-refractivity contribution in [2.75, 3.05) is 12.3 Å². The number of nitrogen functional groups attached to an aromatic ring is 1. The molecule has 0 unspecified atom stereocenters. The maximum Gasteiger partial charge on any atom is 0.142 e. The van der Waals surface area contributed by atoms with Gasteiger partial charge in [-0.2, -0.15) is 5.10 Å². The third-order valence-electron chi connectivity index (χ3n) is 3.32. The zero-order chi connectivity index (χ0) is 13.4. The molecule has 1 aromatic carbocycles. The smallest absolute Gasteiger partial charge is 0.142 e. The predicted molar refractivity (Wildman–Crippen MR) is 79.0 cm³/mol. The van der Waals surface area contributed by atoms with Gasteiger partial charge in [-0.1, -0.05) is 6.07 Å². The number of halogens is 1. The number of para-hydroxylation sites is 1. The maximum absolute atomic E-state index is 5.96. The molecule has 0 saturated heterocycles. The lowest BCUT2D eigenvalue weighted by Crippen LogP contribution is -2.01. The highest BCUT2D eigenvalue weighted by Crippen LogP contribution is 2.38. The number of hydrogen-bond acceptors (Lipinski definition) is 3. The van der Waals surface area contributed by atoms with Gasteiger partial charge in [0.2, 0.25) is 0 Å². The standard InChI is InChI=1S/C14H16BrN3O/c1-18-13(16)7-12(17-18)10-3-2-4-11(15)14(10)19-8-9-5-6-9/h2-4,7,9H,5-6,8,16H2,1H3. The van der Waals surface area contributed by atoms with E-state index in [9.17, 15) is 0 Å². The van der Waals surface area contributed by atoms with Crippen LogP contribution in [0, 0.1) is 5.92 Å². The van der Waals surface area contributed by atoms with Crippen molar-refractivity contribution in [3.8, 4) is 17.0 Å². The van der Waals surface area contributed by atoms with E-state index in [0.717, 1.165) is 28.1 Å². The molecule has 1 aliphatic carbocycles. The zero-order valence-electron chi connectivity index (χ0n) is 10.8. The monoisotopic (exact) mass is 321 g/mol. The number of ether oxygens (including phenoxy) is 1. The minimum Gasteiger partial charge on any atom is -0.491 e. The average molecular weight is 322 g/mol. The Kier molecular flexibility index (Phi) is 3.22. The number of aromatic nitrogens is 2. The molecule has 1 aromatic heterocycles. The predicted octanol–water partition coefficient (Wildman–Crippen LogP) is 3.22. The van der Waals surface area contributed by atoms with Crippen molar-refractivity contribution < 1.29 is 4.74 Å². The van der Waals surface area contributed by atoms with Gasteiger partial charge >= 0.3 is 0 Å². The Bertz CT molecular complexity index is 585. The van der Waals surface area contributed by atoms with Crippen LogP contribution in [0.25, 0.3) is 11.3 Å². The van der Waals surface area contributed by atoms with Gasteiger partial charge < -0.3 is 10.5 Å². The Morgan fingerprint density at radius 3 is 2.89 bits per heavy atom. The summed E-state index contributed by atoms with van der Waals surface area (Å²) in [5.41, 5.74) is 7.66. The number of nitrogens with two attached hydrogens (primary N) is 1. The van der Waals surface area contributed by atoms with Gasteiger partial charge in [0.15, 0.2) is 0 Å². The summed E-state index contributed by atoms with van der Waals surface area (Å²) in [6.07, 6.45) is 2.55. The topological polar surface area (TPSA) is 53.1 Å². The van der Waals surface area contributed by atoms with Gasteiger partial charge in [0.25, 0.3) is 0 Å². The van der Waals surface area contributed by atoms with Crippen LogP contribution < -0.4 is 10.5 Å². The third kappa shape index (κ3) is 2.61. The van der Waals surface area contributed by atoms with E-state index >= 15 is 0 Å². The van der Waals surface area contributed by atoms with Crippen LogP contribution in [0.1, 0.15) is 12.8 Å². The lowest BCUT2D eigenvalue weighted by Gasteiger charge is -2.11. The van der Waals surface area contributed by atoms with E-state index in [0.29, 0.717) is 11.7 Å². The van der Waals surface area contributed by atoms with Gasteiger partial charge in [-0.3, -0.25) is 4.68 Å². The highest BCUT2D eigenvalue weighted by Gasteiger charge is 2.23. The van der Waals surface area contributed by atoms with Gasteiger partial charge in [0.05, 0.1) is 16.8 Å². The summed E-state index contributed by atoms with van der Waals surface area (Å²) in [7, 11) is 1.83. The van der Waals surface area contributed by atoms with E-state index in [2.05, 4.69) is 21.0 Å². The SMILES string of the molecule is Cn1nc(-c2cccc(Br)c2OCC2CC2)cc1N. The molecule has 0 bridgehead atoms. The second-order valence-electron chi connectivity index (χ2n) is 4.95. The van der Waals surface area contributed by atoms with E-state index in [-0.39, 0.29) is 0 Å². The molecule has 0 spiro atoms. The second-order valence-corrected chi connectivity index (χ2v) is 5.80. The average Bonchev–Trinajstić information content (AvgIpc) is 3.14. The van der Waals surface area contributed by atoms with E-state index < -0.39 is 0 Å².